The van der Waals surface area contributed by atoms with E-state index >= 15 is 0 Å². The van der Waals surface area contributed by atoms with Crippen LogP contribution >= 0.6 is 11.3 Å². The maximum absolute atomic E-state index is 11.8. The summed E-state index contributed by atoms with van der Waals surface area (Å²) in [6.45, 7) is 5.11. The van der Waals surface area contributed by atoms with Crippen molar-refractivity contribution in [3.63, 3.8) is 0 Å². The Morgan fingerprint density at radius 2 is 2.29 bits per heavy atom. The number of aromatic nitrogens is 3. The predicted octanol–water partition coefficient (Wildman–Crippen LogP) is 1.49. The van der Waals surface area contributed by atoms with Gasteiger partial charge in [-0.1, -0.05) is 17.4 Å². The summed E-state index contributed by atoms with van der Waals surface area (Å²) in [6.07, 6.45) is 1.77. The summed E-state index contributed by atoms with van der Waals surface area (Å²) >= 11 is 1.47. The van der Waals surface area contributed by atoms with Gasteiger partial charge < -0.3 is 9.88 Å². The normalized spacial score (nSPS) is 10.5. The molecule has 5 nitrogen and oxygen atoms in total. The second kappa shape index (κ2) is 5.09. The molecule has 2 aromatic rings. The number of nitrogens with one attached hydrogen (secondary N) is 1. The summed E-state index contributed by atoms with van der Waals surface area (Å²) in [5, 5.41) is 12.8. The Kier molecular flexibility index (Phi) is 3.53. The topological polar surface area (TPSA) is 59.8 Å². The van der Waals surface area contributed by atoms with Gasteiger partial charge in [-0.2, -0.15) is 0 Å². The number of aryl methyl sites for hydroxylation is 1. The zero-order chi connectivity index (χ0) is 12.3. The summed E-state index contributed by atoms with van der Waals surface area (Å²) in [5.41, 5.74) is 0.761. The van der Waals surface area contributed by atoms with Gasteiger partial charge in [0.05, 0.1) is 6.54 Å². The fourth-order valence-electron chi connectivity index (χ4n) is 1.47. The van der Waals surface area contributed by atoms with Crippen LogP contribution in [0, 0.1) is 6.92 Å². The van der Waals surface area contributed by atoms with Gasteiger partial charge in [0.2, 0.25) is 5.13 Å². The number of hydrogen-bond acceptors (Lipinski definition) is 5. The van der Waals surface area contributed by atoms with Gasteiger partial charge in [0.1, 0.15) is 5.01 Å². The second-order valence-corrected chi connectivity index (χ2v) is 4.72. The van der Waals surface area contributed by atoms with Crippen LogP contribution in [0.3, 0.4) is 0 Å². The summed E-state index contributed by atoms with van der Waals surface area (Å²) < 4.78 is 1.64. The predicted molar refractivity (Wildman–Crippen MR) is 68.6 cm³/mol. The number of rotatable bonds is 4. The third-order valence-corrected chi connectivity index (χ3v) is 3.18. The maximum Gasteiger partial charge on any atom is 0.253 e. The van der Waals surface area contributed by atoms with Crippen LogP contribution in [-0.2, 0) is 6.54 Å². The third-order valence-electron chi connectivity index (χ3n) is 2.31. The van der Waals surface area contributed by atoms with E-state index in [0.29, 0.717) is 6.54 Å². The summed E-state index contributed by atoms with van der Waals surface area (Å²) in [4.78, 5) is 11.8. The van der Waals surface area contributed by atoms with Gasteiger partial charge >= 0.3 is 0 Å². The highest BCUT2D eigenvalue weighted by Gasteiger charge is 2.05. The first kappa shape index (κ1) is 11.8. The minimum absolute atomic E-state index is 0.0210. The molecule has 0 aliphatic carbocycles. The molecule has 2 heterocycles. The Morgan fingerprint density at radius 3 is 3.06 bits per heavy atom. The fourth-order valence-corrected chi connectivity index (χ4v) is 2.27. The molecule has 0 atom stereocenters. The average Bonchev–Trinajstić information content (AvgIpc) is 2.73. The van der Waals surface area contributed by atoms with Crippen LogP contribution in [0.25, 0.3) is 0 Å². The van der Waals surface area contributed by atoms with Crippen LogP contribution in [0.2, 0.25) is 0 Å². The quantitative estimate of drug-likeness (QED) is 0.893. The molecule has 17 heavy (non-hydrogen) atoms. The van der Waals surface area contributed by atoms with Crippen molar-refractivity contribution < 1.29 is 0 Å². The van der Waals surface area contributed by atoms with E-state index in [1.807, 2.05) is 26.0 Å². The maximum atomic E-state index is 11.8. The van der Waals surface area contributed by atoms with E-state index in [9.17, 15) is 4.79 Å². The molecule has 2 rings (SSSR count). The minimum atomic E-state index is 0.0210. The molecule has 90 valence electrons. The van der Waals surface area contributed by atoms with Crippen molar-refractivity contribution in [2.45, 2.75) is 20.4 Å². The molecule has 2 aromatic heterocycles. The van der Waals surface area contributed by atoms with Crippen LogP contribution in [0.5, 0.6) is 0 Å². The third kappa shape index (κ3) is 2.71. The molecule has 1 N–H and O–H groups in total. The molecule has 0 aliphatic rings. The van der Waals surface area contributed by atoms with Gasteiger partial charge in [0.25, 0.3) is 5.56 Å². The van der Waals surface area contributed by atoms with Crippen LogP contribution in [0.4, 0.5) is 5.13 Å². The van der Waals surface area contributed by atoms with E-state index in [1.54, 1.807) is 10.8 Å². The Morgan fingerprint density at radius 1 is 1.47 bits per heavy atom. The molecule has 0 radical (unpaired) electrons. The van der Waals surface area contributed by atoms with Gasteiger partial charge in [-0.25, -0.2) is 0 Å². The first-order valence-corrected chi connectivity index (χ1v) is 6.24. The number of nitrogens with zero attached hydrogens (tertiary/aromatic N) is 3. The standard InChI is InChI=1S/C11H14N4OS/c1-3-12-11-14-13-9(17-11)7-15-6-4-5-8(2)10(15)16/h4-6H,3,7H2,1-2H3,(H,12,14). The Balaban J connectivity index is 2.19. The summed E-state index contributed by atoms with van der Waals surface area (Å²) in [6, 6.07) is 3.67. The van der Waals surface area contributed by atoms with Crippen molar-refractivity contribution in [2.75, 3.05) is 11.9 Å². The van der Waals surface area contributed by atoms with Crippen molar-refractivity contribution in [2.24, 2.45) is 0 Å². The lowest BCUT2D eigenvalue weighted by Gasteiger charge is -2.02. The molecule has 0 amide bonds. The van der Waals surface area contributed by atoms with Crippen molar-refractivity contribution >= 4 is 16.5 Å². The monoisotopic (exact) mass is 250 g/mol. The molecular formula is C11H14N4OS. The van der Waals surface area contributed by atoms with Crippen molar-refractivity contribution in [3.05, 3.63) is 39.3 Å². The highest BCUT2D eigenvalue weighted by molar-refractivity contribution is 7.15. The van der Waals surface area contributed by atoms with Crippen LogP contribution in [0.15, 0.2) is 23.1 Å². The molecule has 0 fully saturated rings. The second-order valence-electron chi connectivity index (χ2n) is 3.66. The molecule has 6 heteroatoms. The average molecular weight is 250 g/mol. The van der Waals surface area contributed by atoms with E-state index in [2.05, 4.69) is 15.5 Å². The summed E-state index contributed by atoms with van der Waals surface area (Å²) in [7, 11) is 0. The van der Waals surface area contributed by atoms with Crippen LogP contribution in [-0.4, -0.2) is 21.3 Å². The van der Waals surface area contributed by atoms with E-state index in [1.165, 1.54) is 11.3 Å². The largest absolute Gasteiger partial charge is 0.360 e. The van der Waals surface area contributed by atoms with E-state index in [-0.39, 0.29) is 5.56 Å². The fraction of sp³-hybridized carbons (Fsp3) is 0.364. The van der Waals surface area contributed by atoms with Gasteiger partial charge in [-0.05, 0) is 19.9 Å². The molecule has 0 aliphatic heterocycles. The van der Waals surface area contributed by atoms with E-state index < -0.39 is 0 Å². The zero-order valence-electron chi connectivity index (χ0n) is 9.80. The molecule has 0 unspecified atom stereocenters. The highest BCUT2D eigenvalue weighted by Crippen LogP contribution is 2.15. The first-order valence-electron chi connectivity index (χ1n) is 5.43. The lowest BCUT2D eigenvalue weighted by molar-refractivity contribution is 0.738. The molecular weight excluding hydrogens is 236 g/mol. The molecule has 0 bridgehead atoms. The Labute approximate surface area is 103 Å². The van der Waals surface area contributed by atoms with Gasteiger partial charge in [-0.3, -0.25) is 4.79 Å². The van der Waals surface area contributed by atoms with Gasteiger partial charge in [0, 0.05) is 18.3 Å². The molecule has 0 aromatic carbocycles. The lowest BCUT2D eigenvalue weighted by atomic mass is 10.3. The summed E-state index contributed by atoms with van der Waals surface area (Å²) in [5.74, 6) is 0. The van der Waals surface area contributed by atoms with Crippen LogP contribution < -0.4 is 10.9 Å². The van der Waals surface area contributed by atoms with Crippen molar-refractivity contribution in [1.29, 1.82) is 0 Å². The Bertz CT molecular complexity index is 561. The highest BCUT2D eigenvalue weighted by atomic mass is 32.1. The smallest absolute Gasteiger partial charge is 0.253 e. The first-order chi connectivity index (χ1) is 8.20. The van der Waals surface area contributed by atoms with Gasteiger partial charge in [-0.15, -0.1) is 10.2 Å². The molecule has 0 saturated heterocycles. The van der Waals surface area contributed by atoms with Crippen molar-refractivity contribution in [1.82, 2.24) is 14.8 Å². The van der Waals surface area contributed by atoms with Gasteiger partial charge in [0.15, 0.2) is 0 Å². The Hall–Kier alpha value is -1.69. The number of hydrogen-bond donors (Lipinski definition) is 1. The molecule has 0 spiro atoms. The number of anilines is 1. The van der Waals surface area contributed by atoms with E-state index in [4.69, 9.17) is 0 Å². The number of pyridine rings is 1. The van der Waals surface area contributed by atoms with Crippen LogP contribution in [0.1, 0.15) is 17.5 Å². The SMILES string of the molecule is CCNc1nnc(Cn2cccc(C)c2=O)s1. The van der Waals surface area contributed by atoms with Crippen molar-refractivity contribution in [3.8, 4) is 0 Å². The lowest BCUT2D eigenvalue weighted by Crippen LogP contribution is -2.21. The molecule has 0 saturated carbocycles. The zero-order valence-corrected chi connectivity index (χ0v) is 10.6. The van der Waals surface area contributed by atoms with E-state index in [0.717, 1.165) is 22.2 Å². The minimum Gasteiger partial charge on any atom is -0.360 e.